The van der Waals surface area contributed by atoms with E-state index in [-0.39, 0.29) is 11.8 Å². The molecule has 0 saturated heterocycles. The van der Waals surface area contributed by atoms with Crippen molar-refractivity contribution in [3.05, 3.63) is 17.5 Å². The van der Waals surface area contributed by atoms with E-state index in [2.05, 4.69) is 5.10 Å². The number of hydrogen-bond donors (Lipinski definition) is 0. The molecule has 0 N–H and O–H groups in total. The van der Waals surface area contributed by atoms with Crippen LogP contribution in [0.25, 0.3) is 0 Å². The number of hydrogen-bond acceptors (Lipinski definition) is 2. The van der Waals surface area contributed by atoms with Crippen LogP contribution in [0.4, 0.5) is 0 Å². The lowest BCUT2D eigenvalue weighted by molar-refractivity contribution is -0.135. The maximum absolute atomic E-state index is 11.8. The Morgan fingerprint density at radius 3 is 2.93 bits per heavy atom. The van der Waals surface area contributed by atoms with Gasteiger partial charge in [0.05, 0.1) is 18.4 Å². The summed E-state index contributed by atoms with van der Waals surface area (Å²) in [6.45, 7) is 5.43. The van der Waals surface area contributed by atoms with Crippen molar-refractivity contribution >= 4 is 5.91 Å². The Balaban J connectivity index is 2.18. The molecular formula is C11H17N3O. The van der Waals surface area contributed by atoms with Gasteiger partial charge in [0.1, 0.15) is 0 Å². The summed E-state index contributed by atoms with van der Waals surface area (Å²) in [5.74, 6) is 0.321. The number of amides is 1. The van der Waals surface area contributed by atoms with Gasteiger partial charge in [-0.15, -0.1) is 0 Å². The first kappa shape index (κ1) is 10.2. The smallest absolute Gasteiger partial charge is 0.225 e. The third kappa shape index (κ3) is 1.76. The molecule has 4 nitrogen and oxygen atoms in total. The van der Waals surface area contributed by atoms with Crippen LogP contribution in [0.2, 0.25) is 0 Å². The zero-order valence-electron chi connectivity index (χ0n) is 9.53. The number of carbonyl (C=O) groups is 1. The molecular weight excluding hydrogens is 190 g/mol. The minimum Gasteiger partial charge on any atom is -0.336 e. The predicted molar refractivity (Wildman–Crippen MR) is 57.2 cm³/mol. The van der Waals surface area contributed by atoms with Crippen molar-refractivity contribution in [1.82, 2.24) is 14.7 Å². The fraction of sp³-hybridized carbons (Fsp3) is 0.636. The zero-order chi connectivity index (χ0) is 11.0. The Labute approximate surface area is 89.9 Å². The van der Waals surface area contributed by atoms with Crippen molar-refractivity contribution in [2.45, 2.75) is 26.8 Å². The summed E-state index contributed by atoms with van der Waals surface area (Å²) in [5, 5.41) is 4.22. The molecule has 0 fully saturated rings. The molecule has 0 atom stereocenters. The number of aromatic nitrogens is 2. The van der Waals surface area contributed by atoms with Crippen LogP contribution in [0.15, 0.2) is 6.20 Å². The van der Waals surface area contributed by atoms with Gasteiger partial charge in [-0.1, -0.05) is 13.8 Å². The first-order chi connectivity index (χ1) is 7.09. The molecule has 82 valence electrons. The Morgan fingerprint density at radius 2 is 2.27 bits per heavy atom. The van der Waals surface area contributed by atoms with Crippen LogP contribution >= 0.6 is 0 Å². The highest BCUT2D eigenvalue weighted by molar-refractivity contribution is 5.78. The number of rotatable bonds is 1. The van der Waals surface area contributed by atoms with E-state index in [1.165, 1.54) is 11.3 Å². The van der Waals surface area contributed by atoms with E-state index in [1.807, 2.05) is 36.7 Å². The van der Waals surface area contributed by atoms with Crippen LogP contribution in [-0.2, 0) is 24.8 Å². The van der Waals surface area contributed by atoms with Crippen molar-refractivity contribution in [2.75, 3.05) is 6.54 Å². The van der Waals surface area contributed by atoms with Gasteiger partial charge in [0.15, 0.2) is 0 Å². The van der Waals surface area contributed by atoms with Gasteiger partial charge in [-0.25, -0.2) is 0 Å². The minimum atomic E-state index is 0.0831. The SMILES string of the molecule is CC(C)C(=O)N1CCc2cnn(C)c2C1. The van der Waals surface area contributed by atoms with Crippen molar-refractivity contribution in [3.8, 4) is 0 Å². The second-order valence-corrected chi connectivity index (χ2v) is 4.40. The molecule has 15 heavy (non-hydrogen) atoms. The van der Waals surface area contributed by atoms with Gasteiger partial charge in [-0.3, -0.25) is 9.48 Å². The number of aryl methyl sites for hydroxylation is 1. The summed E-state index contributed by atoms with van der Waals surface area (Å²) in [4.78, 5) is 13.8. The highest BCUT2D eigenvalue weighted by Crippen LogP contribution is 2.19. The predicted octanol–water partition coefficient (Wildman–Crippen LogP) is 0.961. The fourth-order valence-electron chi connectivity index (χ4n) is 1.99. The quantitative estimate of drug-likeness (QED) is 0.688. The van der Waals surface area contributed by atoms with Gasteiger partial charge < -0.3 is 4.90 Å². The number of nitrogens with zero attached hydrogens (tertiary/aromatic N) is 3. The van der Waals surface area contributed by atoms with Crippen LogP contribution in [0, 0.1) is 5.92 Å². The molecule has 0 unspecified atom stereocenters. The van der Waals surface area contributed by atoms with E-state index in [1.54, 1.807) is 0 Å². The molecule has 1 aromatic heterocycles. The maximum atomic E-state index is 11.8. The summed E-state index contributed by atoms with van der Waals surface area (Å²) in [6.07, 6.45) is 2.84. The molecule has 1 aliphatic rings. The monoisotopic (exact) mass is 207 g/mol. The second-order valence-electron chi connectivity index (χ2n) is 4.40. The van der Waals surface area contributed by atoms with E-state index < -0.39 is 0 Å². The first-order valence-electron chi connectivity index (χ1n) is 5.38. The molecule has 0 saturated carbocycles. The number of fused-ring (bicyclic) bond motifs is 1. The van der Waals surface area contributed by atoms with E-state index >= 15 is 0 Å². The lowest BCUT2D eigenvalue weighted by Gasteiger charge is -2.28. The molecule has 0 bridgehead atoms. The van der Waals surface area contributed by atoms with Crippen molar-refractivity contribution < 1.29 is 4.79 Å². The molecule has 4 heteroatoms. The molecule has 1 aromatic rings. The average Bonchev–Trinajstić information content (AvgIpc) is 2.59. The lowest BCUT2D eigenvalue weighted by atomic mass is 10.1. The molecule has 1 amide bonds. The normalized spacial score (nSPS) is 15.6. The minimum absolute atomic E-state index is 0.0831. The zero-order valence-corrected chi connectivity index (χ0v) is 9.53. The largest absolute Gasteiger partial charge is 0.336 e. The van der Waals surface area contributed by atoms with Gasteiger partial charge in [-0.05, 0) is 12.0 Å². The van der Waals surface area contributed by atoms with E-state index in [0.717, 1.165) is 13.0 Å². The summed E-state index contributed by atoms with van der Waals surface area (Å²) in [6, 6.07) is 0. The van der Waals surface area contributed by atoms with E-state index in [9.17, 15) is 4.79 Å². The number of carbonyl (C=O) groups excluding carboxylic acids is 1. The van der Waals surface area contributed by atoms with Gasteiger partial charge in [-0.2, -0.15) is 5.10 Å². The Hall–Kier alpha value is -1.32. The van der Waals surface area contributed by atoms with Gasteiger partial charge in [0.2, 0.25) is 5.91 Å². The standard InChI is InChI=1S/C11H17N3O/c1-8(2)11(15)14-5-4-9-6-12-13(3)10(9)7-14/h6,8H,4-5,7H2,1-3H3. The van der Waals surface area contributed by atoms with Crippen molar-refractivity contribution in [3.63, 3.8) is 0 Å². The Kier molecular flexibility index (Phi) is 2.50. The lowest BCUT2D eigenvalue weighted by Crippen LogP contribution is -2.38. The van der Waals surface area contributed by atoms with Gasteiger partial charge in [0.25, 0.3) is 0 Å². The first-order valence-corrected chi connectivity index (χ1v) is 5.38. The molecule has 0 spiro atoms. The van der Waals surface area contributed by atoms with Crippen LogP contribution in [0.5, 0.6) is 0 Å². The fourth-order valence-corrected chi connectivity index (χ4v) is 1.99. The second kappa shape index (κ2) is 3.68. The van der Waals surface area contributed by atoms with Crippen molar-refractivity contribution in [2.24, 2.45) is 13.0 Å². The van der Waals surface area contributed by atoms with Crippen LogP contribution in [0.1, 0.15) is 25.1 Å². The highest BCUT2D eigenvalue weighted by Gasteiger charge is 2.24. The van der Waals surface area contributed by atoms with E-state index in [0.29, 0.717) is 6.54 Å². The molecule has 2 heterocycles. The third-order valence-electron chi connectivity index (χ3n) is 2.95. The van der Waals surface area contributed by atoms with Crippen LogP contribution in [0.3, 0.4) is 0 Å². The molecule has 2 rings (SSSR count). The third-order valence-corrected chi connectivity index (χ3v) is 2.95. The maximum Gasteiger partial charge on any atom is 0.225 e. The topological polar surface area (TPSA) is 38.1 Å². The summed E-state index contributed by atoms with van der Waals surface area (Å²) < 4.78 is 1.87. The summed E-state index contributed by atoms with van der Waals surface area (Å²) in [5.41, 5.74) is 2.46. The molecule has 1 aliphatic heterocycles. The van der Waals surface area contributed by atoms with Gasteiger partial charge >= 0.3 is 0 Å². The average molecular weight is 207 g/mol. The van der Waals surface area contributed by atoms with Crippen LogP contribution in [-0.4, -0.2) is 27.1 Å². The molecule has 0 radical (unpaired) electrons. The summed E-state index contributed by atoms with van der Waals surface area (Å²) in [7, 11) is 1.93. The van der Waals surface area contributed by atoms with Crippen LogP contribution < -0.4 is 0 Å². The molecule has 0 aromatic carbocycles. The van der Waals surface area contributed by atoms with E-state index in [4.69, 9.17) is 0 Å². The van der Waals surface area contributed by atoms with Gasteiger partial charge in [0, 0.05) is 19.5 Å². The summed E-state index contributed by atoms with van der Waals surface area (Å²) >= 11 is 0. The highest BCUT2D eigenvalue weighted by atomic mass is 16.2. The molecule has 0 aliphatic carbocycles. The Morgan fingerprint density at radius 1 is 1.53 bits per heavy atom. The van der Waals surface area contributed by atoms with Crippen molar-refractivity contribution in [1.29, 1.82) is 0 Å². The Bertz CT molecular complexity index is 381.